The molecule has 0 saturated heterocycles. The van der Waals surface area contributed by atoms with Gasteiger partial charge in [-0.2, -0.15) is 0 Å². The minimum atomic E-state index is -1.16. The molecule has 0 spiro atoms. The Labute approximate surface area is 143 Å². The van der Waals surface area contributed by atoms with Crippen LogP contribution in [0.4, 0.5) is 0 Å². The second-order valence-electron chi connectivity index (χ2n) is 4.81. The maximum absolute atomic E-state index is 12.1. The first-order chi connectivity index (χ1) is 11.5. The standard InChI is InChI=1S/C16H18N2O5S/c1-3-23-11-6-4-10(5-7-11)15-18-13(9-24-15)14(19)17-12(8-22-2)16(20)21/h4-7,9,12H,3,8H2,1-2H3,(H,17,19)(H,20,21). The predicted molar refractivity (Wildman–Crippen MR) is 89.5 cm³/mol. The summed E-state index contributed by atoms with van der Waals surface area (Å²) in [6.45, 7) is 2.39. The predicted octanol–water partition coefficient (Wildman–Crippen LogP) is 2.04. The van der Waals surface area contributed by atoms with Gasteiger partial charge in [-0.05, 0) is 31.2 Å². The van der Waals surface area contributed by atoms with Crippen molar-refractivity contribution in [3.8, 4) is 16.3 Å². The number of hydrogen-bond acceptors (Lipinski definition) is 6. The highest BCUT2D eigenvalue weighted by atomic mass is 32.1. The lowest BCUT2D eigenvalue weighted by atomic mass is 10.2. The van der Waals surface area contributed by atoms with Crippen LogP contribution in [-0.4, -0.2) is 48.3 Å². The quantitative estimate of drug-likeness (QED) is 0.756. The summed E-state index contributed by atoms with van der Waals surface area (Å²) in [5.74, 6) is -0.945. The Bertz CT molecular complexity index is 699. The largest absolute Gasteiger partial charge is 0.494 e. The SMILES string of the molecule is CCOc1ccc(-c2nc(C(=O)NC(COC)C(=O)O)cs2)cc1. The number of methoxy groups -OCH3 is 1. The number of nitrogens with one attached hydrogen (secondary N) is 1. The summed E-state index contributed by atoms with van der Waals surface area (Å²) < 4.78 is 10.2. The van der Waals surface area contributed by atoms with Gasteiger partial charge in [0.05, 0.1) is 13.2 Å². The number of carboxylic acid groups (broad SMARTS) is 1. The van der Waals surface area contributed by atoms with E-state index in [1.165, 1.54) is 18.4 Å². The van der Waals surface area contributed by atoms with Crippen molar-refractivity contribution >= 4 is 23.2 Å². The third-order valence-corrected chi connectivity index (χ3v) is 3.98. The highest BCUT2D eigenvalue weighted by Gasteiger charge is 2.22. The Morgan fingerprint density at radius 1 is 1.33 bits per heavy atom. The molecule has 24 heavy (non-hydrogen) atoms. The molecule has 2 N–H and O–H groups in total. The molecule has 1 unspecified atom stereocenters. The summed E-state index contributed by atoms with van der Waals surface area (Å²) >= 11 is 1.31. The first-order valence-electron chi connectivity index (χ1n) is 7.26. The molecule has 1 aromatic heterocycles. The van der Waals surface area contributed by atoms with Gasteiger partial charge in [0.15, 0.2) is 6.04 Å². The average Bonchev–Trinajstić information content (AvgIpc) is 3.05. The van der Waals surface area contributed by atoms with Crippen molar-refractivity contribution in [1.29, 1.82) is 0 Å². The maximum atomic E-state index is 12.1. The van der Waals surface area contributed by atoms with Gasteiger partial charge in [-0.25, -0.2) is 9.78 Å². The van der Waals surface area contributed by atoms with Crippen LogP contribution >= 0.6 is 11.3 Å². The van der Waals surface area contributed by atoms with Crippen molar-refractivity contribution < 1.29 is 24.2 Å². The second-order valence-corrected chi connectivity index (χ2v) is 5.67. The lowest BCUT2D eigenvalue weighted by molar-refractivity contribution is -0.140. The third-order valence-electron chi connectivity index (χ3n) is 3.09. The molecule has 2 rings (SSSR count). The molecule has 0 bridgehead atoms. The average molecular weight is 350 g/mol. The van der Waals surface area contributed by atoms with Crippen LogP contribution in [0.3, 0.4) is 0 Å². The van der Waals surface area contributed by atoms with Crippen molar-refractivity contribution in [2.24, 2.45) is 0 Å². The van der Waals surface area contributed by atoms with Crippen molar-refractivity contribution in [3.63, 3.8) is 0 Å². The fourth-order valence-electron chi connectivity index (χ4n) is 1.94. The van der Waals surface area contributed by atoms with Crippen LogP contribution in [0.1, 0.15) is 17.4 Å². The number of carbonyl (C=O) groups is 2. The third kappa shape index (κ3) is 4.53. The lowest BCUT2D eigenvalue weighted by Gasteiger charge is -2.12. The van der Waals surface area contributed by atoms with E-state index in [4.69, 9.17) is 14.6 Å². The normalized spacial score (nSPS) is 11.8. The number of carbonyl (C=O) groups excluding carboxylic acids is 1. The van der Waals surface area contributed by atoms with Crippen LogP contribution in [0.15, 0.2) is 29.6 Å². The van der Waals surface area contributed by atoms with Gasteiger partial charge in [0.1, 0.15) is 16.5 Å². The second kappa shape index (κ2) is 8.42. The van der Waals surface area contributed by atoms with E-state index in [9.17, 15) is 9.59 Å². The first kappa shape index (κ1) is 17.9. The van der Waals surface area contributed by atoms with E-state index < -0.39 is 17.9 Å². The number of carboxylic acids is 1. The monoisotopic (exact) mass is 350 g/mol. The van der Waals surface area contributed by atoms with E-state index in [1.807, 2.05) is 31.2 Å². The van der Waals surface area contributed by atoms with Gasteiger partial charge in [-0.15, -0.1) is 11.3 Å². The van der Waals surface area contributed by atoms with E-state index in [-0.39, 0.29) is 12.3 Å². The summed E-state index contributed by atoms with van der Waals surface area (Å²) in [5.41, 5.74) is 1.03. The van der Waals surface area contributed by atoms with E-state index in [2.05, 4.69) is 10.3 Å². The van der Waals surface area contributed by atoms with Crippen molar-refractivity contribution in [2.45, 2.75) is 13.0 Å². The molecule has 0 aliphatic rings. The minimum Gasteiger partial charge on any atom is -0.494 e. The van der Waals surface area contributed by atoms with E-state index >= 15 is 0 Å². The molecule has 1 atom stereocenters. The molecule has 2 aromatic rings. The molecule has 1 amide bonds. The Hall–Kier alpha value is -2.45. The molecule has 7 nitrogen and oxygen atoms in total. The molecule has 8 heteroatoms. The fraction of sp³-hybridized carbons (Fsp3) is 0.312. The highest BCUT2D eigenvalue weighted by molar-refractivity contribution is 7.13. The topological polar surface area (TPSA) is 97.8 Å². The van der Waals surface area contributed by atoms with Gasteiger partial charge < -0.3 is 19.9 Å². The number of aliphatic carboxylic acids is 1. The van der Waals surface area contributed by atoms with Gasteiger partial charge in [-0.1, -0.05) is 0 Å². The van der Waals surface area contributed by atoms with Crippen molar-refractivity contribution in [3.05, 3.63) is 35.3 Å². The minimum absolute atomic E-state index is 0.114. The number of rotatable bonds is 8. The zero-order valence-electron chi connectivity index (χ0n) is 13.3. The molecule has 0 aliphatic heterocycles. The molecular weight excluding hydrogens is 332 g/mol. The van der Waals surface area contributed by atoms with Crippen LogP contribution in [0.2, 0.25) is 0 Å². The zero-order chi connectivity index (χ0) is 17.5. The summed E-state index contributed by atoms with van der Waals surface area (Å²) in [7, 11) is 1.37. The summed E-state index contributed by atoms with van der Waals surface area (Å²) in [4.78, 5) is 27.4. The Kier molecular flexibility index (Phi) is 6.28. The zero-order valence-corrected chi connectivity index (χ0v) is 14.1. The van der Waals surface area contributed by atoms with Crippen molar-refractivity contribution in [1.82, 2.24) is 10.3 Å². The van der Waals surface area contributed by atoms with E-state index in [0.717, 1.165) is 11.3 Å². The number of benzene rings is 1. The molecule has 128 valence electrons. The Morgan fingerprint density at radius 3 is 2.62 bits per heavy atom. The number of hydrogen-bond donors (Lipinski definition) is 2. The van der Waals surface area contributed by atoms with Crippen LogP contribution < -0.4 is 10.1 Å². The molecular formula is C16H18N2O5S. The number of ether oxygens (including phenoxy) is 2. The lowest BCUT2D eigenvalue weighted by Crippen LogP contribution is -2.43. The fourth-order valence-corrected chi connectivity index (χ4v) is 2.75. The number of amides is 1. The van der Waals surface area contributed by atoms with Gasteiger partial charge in [0.2, 0.25) is 0 Å². The summed E-state index contributed by atoms with van der Waals surface area (Å²) in [6, 6.07) is 6.27. The molecule has 1 heterocycles. The number of aromatic nitrogens is 1. The van der Waals surface area contributed by atoms with Crippen LogP contribution in [-0.2, 0) is 9.53 Å². The summed E-state index contributed by atoms with van der Waals surface area (Å²) in [5, 5.41) is 13.7. The Morgan fingerprint density at radius 2 is 2.04 bits per heavy atom. The van der Waals surface area contributed by atoms with Gasteiger partial charge in [0, 0.05) is 18.1 Å². The van der Waals surface area contributed by atoms with Crippen LogP contribution in [0, 0.1) is 0 Å². The number of nitrogens with zero attached hydrogens (tertiary/aromatic N) is 1. The van der Waals surface area contributed by atoms with Crippen molar-refractivity contribution in [2.75, 3.05) is 20.3 Å². The summed E-state index contributed by atoms with van der Waals surface area (Å²) in [6.07, 6.45) is 0. The maximum Gasteiger partial charge on any atom is 0.328 e. The number of thiazole rings is 1. The van der Waals surface area contributed by atoms with Gasteiger partial charge >= 0.3 is 5.97 Å². The first-order valence-corrected chi connectivity index (χ1v) is 8.14. The molecule has 0 saturated carbocycles. The highest BCUT2D eigenvalue weighted by Crippen LogP contribution is 2.25. The van der Waals surface area contributed by atoms with Crippen LogP contribution in [0.25, 0.3) is 10.6 Å². The van der Waals surface area contributed by atoms with E-state index in [1.54, 1.807) is 5.38 Å². The van der Waals surface area contributed by atoms with Gasteiger partial charge in [-0.3, -0.25) is 4.79 Å². The van der Waals surface area contributed by atoms with Crippen LogP contribution in [0.5, 0.6) is 5.75 Å². The molecule has 0 aliphatic carbocycles. The molecule has 1 aromatic carbocycles. The smallest absolute Gasteiger partial charge is 0.328 e. The van der Waals surface area contributed by atoms with Gasteiger partial charge in [0.25, 0.3) is 5.91 Å². The Balaban J connectivity index is 2.09. The molecule has 0 fully saturated rings. The van der Waals surface area contributed by atoms with E-state index in [0.29, 0.717) is 11.6 Å². The molecule has 0 radical (unpaired) electrons.